The first-order chi connectivity index (χ1) is 13.2. The molecular formula is C20H20FN5O. The quantitative estimate of drug-likeness (QED) is 0.745. The van der Waals surface area contributed by atoms with Gasteiger partial charge in [-0.05, 0) is 37.1 Å². The molecule has 2 aromatic heterocycles. The van der Waals surface area contributed by atoms with Crippen molar-refractivity contribution in [1.29, 1.82) is 0 Å². The van der Waals surface area contributed by atoms with Crippen LogP contribution in [0.25, 0.3) is 11.3 Å². The molecule has 6 nitrogen and oxygen atoms in total. The molecule has 0 amide bonds. The second-order valence-electron chi connectivity index (χ2n) is 7.39. The predicted octanol–water partition coefficient (Wildman–Crippen LogP) is 2.73. The van der Waals surface area contributed by atoms with E-state index < -0.39 is 0 Å². The van der Waals surface area contributed by atoms with E-state index in [2.05, 4.69) is 20.1 Å². The predicted molar refractivity (Wildman–Crippen MR) is 98.6 cm³/mol. The molecule has 7 heteroatoms. The topological polar surface area (TPSA) is 77.7 Å². The zero-order valence-electron chi connectivity index (χ0n) is 14.8. The number of hydrogen-bond donors (Lipinski definition) is 2. The van der Waals surface area contributed by atoms with Crippen LogP contribution in [-0.4, -0.2) is 31.6 Å². The average Bonchev–Trinajstić information content (AvgIpc) is 3.43. The molecule has 2 aliphatic rings. The van der Waals surface area contributed by atoms with Crippen molar-refractivity contribution in [1.82, 2.24) is 25.1 Å². The molecule has 0 unspecified atom stereocenters. The molecule has 1 aliphatic heterocycles. The fourth-order valence-electron chi connectivity index (χ4n) is 3.72. The van der Waals surface area contributed by atoms with Gasteiger partial charge in [0, 0.05) is 43.1 Å². The number of rotatable bonds is 4. The van der Waals surface area contributed by atoms with Crippen LogP contribution in [-0.2, 0) is 19.5 Å². The molecule has 3 aromatic rings. The van der Waals surface area contributed by atoms with E-state index in [1.807, 2.05) is 0 Å². The van der Waals surface area contributed by atoms with E-state index in [1.54, 1.807) is 18.3 Å². The molecular weight excluding hydrogens is 345 g/mol. The fourth-order valence-corrected chi connectivity index (χ4v) is 3.72. The number of aromatic nitrogens is 4. The number of fused-ring (bicyclic) bond motifs is 1. The Labute approximate surface area is 155 Å². The Morgan fingerprint density at radius 3 is 2.81 bits per heavy atom. The minimum Gasteiger partial charge on any atom is -0.310 e. The lowest BCUT2D eigenvalue weighted by Gasteiger charge is -2.27. The van der Waals surface area contributed by atoms with Crippen LogP contribution < -0.4 is 5.56 Å². The van der Waals surface area contributed by atoms with Gasteiger partial charge in [-0.15, -0.1) is 0 Å². The van der Waals surface area contributed by atoms with Crippen LogP contribution in [0.2, 0.25) is 0 Å². The molecule has 0 spiro atoms. The smallest absolute Gasteiger partial charge is 0.255 e. The summed E-state index contributed by atoms with van der Waals surface area (Å²) in [5, 5.41) is 7.17. The van der Waals surface area contributed by atoms with Crippen molar-refractivity contribution in [3.05, 3.63) is 69.3 Å². The van der Waals surface area contributed by atoms with Crippen molar-refractivity contribution in [2.75, 3.05) is 6.54 Å². The molecule has 0 radical (unpaired) electrons. The van der Waals surface area contributed by atoms with Crippen LogP contribution in [0.1, 0.15) is 41.4 Å². The lowest BCUT2D eigenvalue weighted by atomic mass is 10.0. The van der Waals surface area contributed by atoms with E-state index in [9.17, 15) is 9.18 Å². The van der Waals surface area contributed by atoms with E-state index in [0.717, 1.165) is 59.7 Å². The third-order valence-corrected chi connectivity index (χ3v) is 5.37. The summed E-state index contributed by atoms with van der Waals surface area (Å²) >= 11 is 0. The largest absolute Gasteiger partial charge is 0.310 e. The van der Waals surface area contributed by atoms with Gasteiger partial charge in [0.15, 0.2) is 0 Å². The zero-order chi connectivity index (χ0) is 18.4. The zero-order valence-corrected chi connectivity index (χ0v) is 14.8. The second-order valence-corrected chi connectivity index (χ2v) is 7.39. The van der Waals surface area contributed by atoms with Gasteiger partial charge in [0.2, 0.25) is 0 Å². The lowest BCUT2D eigenvalue weighted by molar-refractivity contribution is 0.241. The molecule has 2 N–H and O–H groups in total. The van der Waals surface area contributed by atoms with Crippen molar-refractivity contribution < 1.29 is 4.39 Å². The van der Waals surface area contributed by atoms with Gasteiger partial charge in [-0.1, -0.05) is 0 Å². The Kier molecular flexibility index (Phi) is 3.89. The normalized spacial score (nSPS) is 17.1. The Morgan fingerprint density at radius 2 is 2.04 bits per heavy atom. The summed E-state index contributed by atoms with van der Waals surface area (Å²) in [5.41, 5.74) is 4.54. The molecule has 1 aliphatic carbocycles. The molecule has 1 fully saturated rings. The monoisotopic (exact) mass is 365 g/mol. The molecule has 27 heavy (non-hydrogen) atoms. The van der Waals surface area contributed by atoms with E-state index in [1.165, 1.54) is 12.1 Å². The van der Waals surface area contributed by atoms with Crippen LogP contribution in [0.5, 0.6) is 0 Å². The summed E-state index contributed by atoms with van der Waals surface area (Å²) in [4.78, 5) is 22.4. The van der Waals surface area contributed by atoms with E-state index in [-0.39, 0.29) is 11.4 Å². The summed E-state index contributed by atoms with van der Waals surface area (Å²) in [5.74, 6) is 1.05. The van der Waals surface area contributed by atoms with Crippen LogP contribution in [0.15, 0.2) is 35.3 Å². The number of nitrogens with zero attached hydrogens (tertiary/aromatic N) is 3. The Hall–Kier alpha value is -2.80. The van der Waals surface area contributed by atoms with Gasteiger partial charge >= 0.3 is 0 Å². The first-order valence-corrected chi connectivity index (χ1v) is 9.30. The highest BCUT2D eigenvalue weighted by Crippen LogP contribution is 2.37. The Morgan fingerprint density at radius 1 is 1.22 bits per heavy atom. The molecule has 5 rings (SSSR count). The number of hydrogen-bond acceptors (Lipinski definition) is 4. The summed E-state index contributed by atoms with van der Waals surface area (Å²) < 4.78 is 13.2. The van der Waals surface area contributed by atoms with Crippen molar-refractivity contribution in [2.45, 2.75) is 38.3 Å². The molecule has 1 aromatic carbocycles. The first kappa shape index (κ1) is 16.4. The molecule has 0 saturated heterocycles. The van der Waals surface area contributed by atoms with Crippen LogP contribution in [0.4, 0.5) is 4.39 Å². The number of aromatic amines is 2. The highest BCUT2D eigenvalue weighted by atomic mass is 19.1. The first-order valence-electron chi connectivity index (χ1n) is 9.30. The number of nitrogens with one attached hydrogen (secondary N) is 2. The summed E-state index contributed by atoms with van der Waals surface area (Å²) in [7, 11) is 0. The highest BCUT2D eigenvalue weighted by Gasteiger charge is 2.29. The third-order valence-electron chi connectivity index (χ3n) is 5.37. The van der Waals surface area contributed by atoms with Crippen LogP contribution in [0, 0.1) is 5.82 Å². The second kappa shape index (κ2) is 6.42. The van der Waals surface area contributed by atoms with Gasteiger partial charge < -0.3 is 4.98 Å². The van der Waals surface area contributed by atoms with Gasteiger partial charge in [0.25, 0.3) is 5.56 Å². The van der Waals surface area contributed by atoms with Gasteiger partial charge in [-0.3, -0.25) is 14.8 Å². The van der Waals surface area contributed by atoms with Gasteiger partial charge in [-0.2, -0.15) is 5.10 Å². The molecule has 1 saturated carbocycles. The number of halogens is 1. The Bertz CT molecular complexity index is 1040. The van der Waals surface area contributed by atoms with Gasteiger partial charge in [0.1, 0.15) is 11.6 Å². The maximum atomic E-state index is 13.2. The fraction of sp³-hybridized carbons (Fsp3) is 0.350. The van der Waals surface area contributed by atoms with E-state index >= 15 is 0 Å². The van der Waals surface area contributed by atoms with Crippen LogP contribution in [0.3, 0.4) is 0 Å². The molecule has 0 atom stereocenters. The maximum Gasteiger partial charge on any atom is 0.255 e. The highest BCUT2D eigenvalue weighted by molar-refractivity contribution is 5.62. The molecule has 138 valence electrons. The van der Waals surface area contributed by atoms with Crippen LogP contribution >= 0.6 is 0 Å². The minimum absolute atomic E-state index is 0.00227. The van der Waals surface area contributed by atoms with Gasteiger partial charge in [0.05, 0.1) is 23.1 Å². The molecule has 3 heterocycles. The average molecular weight is 365 g/mol. The van der Waals surface area contributed by atoms with Crippen molar-refractivity contribution in [3.63, 3.8) is 0 Å². The summed E-state index contributed by atoms with van der Waals surface area (Å²) in [6, 6.07) is 6.37. The maximum absolute atomic E-state index is 13.2. The van der Waals surface area contributed by atoms with Crippen molar-refractivity contribution in [2.24, 2.45) is 0 Å². The Balaban J connectivity index is 1.37. The molecule has 0 bridgehead atoms. The third kappa shape index (κ3) is 3.19. The SMILES string of the molecule is O=c1[nH]c(C2CC2)nc2c1CN(Cc1cn[nH]c1-c1ccc(F)cc1)CC2. The number of H-pyrrole nitrogens is 2. The summed E-state index contributed by atoms with van der Waals surface area (Å²) in [6.07, 6.45) is 4.83. The van der Waals surface area contributed by atoms with Crippen molar-refractivity contribution >= 4 is 0 Å². The van der Waals surface area contributed by atoms with E-state index in [4.69, 9.17) is 4.98 Å². The number of benzene rings is 1. The van der Waals surface area contributed by atoms with Gasteiger partial charge in [-0.25, -0.2) is 9.37 Å². The summed E-state index contributed by atoms with van der Waals surface area (Å²) in [6.45, 7) is 2.10. The standard InChI is InChI=1S/C20H20FN5O/c21-15-5-3-12(4-6-15)18-14(9-22-25-18)10-26-8-7-17-16(11-26)20(27)24-19(23-17)13-1-2-13/h3-6,9,13H,1-2,7-8,10-11H2,(H,22,25)(H,23,24,27). The van der Waals surface area contributed by atoms with Crippen molar-refractivity contribution in [3.8, 4) is 11.3 Å². The van der Waals surface area contributed by atoms with E-state index in [0.29, 0.717) is 19.0 Å². The lowest BCUT2D eigenvalue weighted by Crippen LogP contribution is -2.35. The minimum atomic E-state index is -0.259.